The van der Waals surface area contributed by atoms with Crippen molar-refractivity contribution in [3.05, 3.63) is 28.8 Å². The van der Waals surface area contributed by atoms with E-state index in [1.165, 1.54) is 6.92 Å². The summed E-state index contributed by atoms with van der Waals surface area (Å²) in [6.07, 6.45) is 0. The van der Waals surface area contributed by atoms with Crippen LogP contribution in [0, 0.1) is 0 Å². The van der Waals surface area contributed by atoms with Gasteiger partial charge in [-0.2, -0.15) is 0 Å². The molecule has 4 nitrogen and oxygen atoms in total. The van der Waals surface area contributed by atoms with Crippen molar-refractivity contribution in [1.29, 1.82) is 0 Å². The van der Waals surface area contributed by atoms with Crippen molar-refractivity contribution in [2.24, 2.45) is 0 Å². The minimum Gasteiger partial charge on any atom is -0.383 e. The van der Waals surface area contributed by atoms with Crippen LogP contribution in [0.15, 0.2) is 18.2 Å². The Kier molecular flexibility index (Phi) is 6.84. The Hall–Kier alpha value is -1.10. The van der Waals surface area contributed by atoms with Gasteiger partial charge in [-0.15, -0.1) is 0 Å². The van der Waals surface area contributed by atoms with Gasteiger partial charge in [-0.3, -0.25) is 4.79 Å². The summed E-state index contributed by atoms with van der Waals surface area (Å²) in [5, 5.41) is 0.477. The van der Waals surface area contributed by atoms with Gasteiger partial charge < -0.3 is 14.4 Å². The summed E-state index contributed by atoms with van der Waals surface area (Å²) >= 11 is 6.13. The molecule has 0 aliphatic heterocycles. The van der Waals surface area contributed by atoms with E-state index in [4.69, 9.17) is 21.1 Å². The number of carbonyl (C=O) groups excluding carboxylic acids is 1. The van der Waals surface area contributed by atoms with Crippen LogP contribution in [0.3, 0.4) is 0 Å². The lowest BCUT2D eigenvalue weighted by atomic mass is 10.1. The number of methoxy groups -OCH3 is 2. The van der Waals surface area contributed by atoms with E-state index in [1.807, 2.05) is 12.1 Å². The van der Waals surface area contributed by atoms with Crippen molar-refractivity contribution < 1.29 is 14.3 Å². The van der Waals surface area contributed by atoms with Gasteiger partial charge in [-0.05, 0) is 25.1 Å². The van der Waals surface area contributed by atoms with E-state index in [2.05, 4.69) is 4.90 Å². The number of benzene rings is 1. The number of nitrogens with zero attached hydrogens (tertiary/aromatic N) is 1. The van der Waals surface area contributed by atoms with E-state index in [0.29, 0.717) is 23.8 Å². The fourth-order valence-corrected chi connectivity index (χ4v) is 2.07. The first-order valence-electron chi connectivity index (χ1n) is 6.13. The average molecular weight is 286 g/mol. The Morgan fingerprint density at radius 1 is 1.21 bits per heavy atom. The van der Waals surface area contributed by atoms with Gasteiger partial charge >= 0.3 is 0 Å². The number of ketones is 1. The molecule has 1 aromatic carbocycles. The normalized spacial score (nSPS) is 10.5. The third kappa shape index (κ3) is 4.82. The first-order chi connectivity index (χ1) is 9.10. The Labute approximate surface area is 119 Å². The molecule has 0 aliphatic carbocycles. The lowest BCUT2D eigenvalue weighted by molar-refractivity contribution is 0.101. The van der Waals surface area contributed by atoms with Gasteiger partial charge in [0.1, 0.15) is 0 Å². The monoisotopic (exact) mass is 285 g/mol. The van der Waals surface area contributed by atoms with Gasteiger partial charge in [0.2, 0.25) is 0 Å². The van der Waals surface area contributed by atoms with Crippen LogP contribution < -0.4 is 4.90 Å². The number of hydrogen-bond donors (Lipinski definition) is 0. The predicted molar refractivity (Wildman–Crippen MR) is 77.4 cm³/mol. The van der Waals surface area contributed by atoms with Crippen LogP contribution in [0.25, 0.3) is 0 Å². The van der Waals surface area contributed by atoms with Gasteiger partial charge in [-0.1, -0.05) is 11.6 Å². The van der Waals surface area contributed by atoms with Crippen molar-refractivity contribution in [1.82, 2.24) is 0 Å². The molecule has 0 aromatic heterocycles. The maximum absolute atomic E-state index is 11.4. The molecule has 0 unspecified atom stereocenters. The minimum absolute atomic E-state index is 0.0307. The molecule has 1 aromatic rings. The molecule has 0 spiro atoms. The average Bonchev–Trinajstić information content (AvgIpc) is 2.38. The van der Waals surface area contributed by atoms with Gasteiger partial charge in [0.25, 0.3) is 0 Å². The van der Waals surface area contributed by atoms with Crippen LogP contribution >= 0.6 is 11.6 Å². The number of ether oxygens (including phenoxy) is 2. The molecule has 0 radical (unpaired) electrons. The second kappa shape index (κ2) is 8.15. The molecule has 0 fully saturated rings. The summed E-state index contributed by atoms with van der Waals surface area (Å²) in [5.74, 6) is -0.0307. The number of Topliss-reactive ketones (excluding diaryl/α,β-unsaturated/α-hetero) is 1. The van der Waals surface area contributed by atoms with Gasteiger partial charge in [-0.25, -0.2) is 0 Å². The summed E-state index contributed by atoms with van der Waals surface area (Å²) in [5.41, 5.74) is 1.51. The maximum Gasteiger partial charge on any atom is 0.161 e. The maximum atomic E-state index is 11.4. The third-order valence-corrected chi connectivity index (χ3v) is 3.14. The summed E-state index contributed by atoms with van der Waals surface area (Å²) in [6, 6.07) is 5.46. The lowest BCUT2D eigenvalue weighted by Gasteiger charge is -2.24. The van der Waals surface area contributed by atoms with Crippen molar-refractivity contribution in [3.8, 4) is 0 Å². The van der Waals surface area contributed by atoms with Gasteiger partial charge in [0, 0.05) is 38.6 Å². The number of rotatable bonds is 8. The molecule has 0 N–H and O–H groups in total. The quantitative estimate of drug-likeness (QED) is 0.688. The second-order valence-electron chi connectivity index (χ2n) is 4.19. The summed E-state index contributed by atoms with van der Waals surface area (Å²) in [6.45, 7) is 4.24. The standard InChI is InChI=1S/C14H20ClNO3/c1-11(17)13-5-4-12(10-14(13)15)16(6-8-18-2)7-9-19-3/h4-5,10H,6-9H2,1-3H3. The van der Waals surface area contributed by atoms with E-state index < -0.39 is 0 Å². The zero-order valence-electron chi connectivity index (χ0n) is 11.6. The van der Waals surface area contributed by atoms with E-state index in [0.717, 1.165) is 18.8 Å². The van der Waals surface area contributed by atoms with Crippen molar-refractivity contribution in [3.63, 3.8) is 0 Å². The van der Waals surface area contributed by atoms with E-state index >= 15 is 0 Å². The largest absolute Gasteiger partial charge is 0.383 e. The predicted octanol–water partition coefficient (Wildman–Crippen LogP) is 2.64. The summed E-state index contributed by atoms with van der Waals surface area (Å²) in [4.78, 5) is 13.5. The van der Waals surface area contributed by atoms with Crippen LogP contribution in [0.4, 0.5) is 5.69 Å². The molecule has 106 valence electrons. The zero-order valence-corrected chi connectivity index (χ0v) is 12.4. The number of anilines is 1. The molecule has 1 rings (SSSR count). The Balaban J connectivity index is 2.88. The summed E-state index contributed by atoms with van der Waals surface area (Å²) in [7, 11) is 3.33. The van der Waals surface area contributed by atoms with Crippen molar-refractivity contribution in [2.75, 3.05) is 45.4 Å². The van der Waals surface area contributed by atoms with Crippen LogP contribution in [-0.2, 0) is 9.47 Å². The molecule has 0 atom stereocenters. The Bertz CT molecular complexity index is 415. The van der Waals surface area contributed by atoms with E-state index in [9.17, 15) is 4.79 Å². The molecule has 5 heteroatoms. The van der Waals surface area contributed by atoms with Crippen LogP contribution in [0.1, 0.15) is 17.3 Å². The van der Waals surface area contributed by atoms with Crippen LogP contribution in [0.2, 0.25) is 5.02 Å². The molecular weight excluding hydrogens is 266 g/mol. The van der Waals surface area contributed by atoms with E-state index in [-0.39, 0.29) is 5.78 Å². The highest BCUT2D eigenvalue weighted by atomic mass is 35.5. The number of halogens is 1. The number of hydrogen-bond acceptors (Lipinski definition) is 4. The van der Waals surface area contributed by atoms with Gasteiger partial charge in [0.05, 0.1) is 18.2 Å². The lowest BCUT2D eigenvalue weighted by Crippen LogP contribution is -2.30. The topological polar surface area (TPSA) is 38.8 Å². The molecule has 0 saturated heterocycles. The van der Waals surface area contributed by atoms with Crippen molar-refractivity contribution in [2.45, 2.75) is 6.92 Å². The zero-order chi connectivity index (χ0) is 14.3. The van der Waals surface area contributed by atoms with Gasteiger partial charge in [0.15, 0.2) is 5.78 Å². The smallest absolute Gasteiger partial charge is 0.161 e. The highest BCUT2D eigenvalue weighted by molar-refractivity contribution is 6.34. The number of carbonyl (C=O) groups is 1. The van der Waals surface area contributed by atoms with Crippen LogP contribution in [0.5, 0.6) is 0 Å². The fourth-order valence-electron chi connectivity index (χ4n) is 1.76. The summed E-state index contributed by atoms with van der Waals surface area (Å²) < 4.78 is 10.2. The fraction of sp³-hybridized carbons (Fsp3) is 0.500. The molecule has 0 bridgehead atoms. The SMILES string of the molecule is COCCN(CCOC)c1ccc(C(C)=O)c(Cl)c1. The molecule has 0 aliphatic rings. The Morgan fingerprint density at radius 2 is 1.79 bits per heavy atom. The van der Waals surface area contributed by atoms with Crippen molar-refractivity contribution >= 4 is 23.1 Å². The molecule has 19 heavy (non-hydrogen) atoms. The molecule has 0 heterocycles. The minimum atomic E-state index is -0.0307. The van der Waals surface area contributed by atoms with Crippen LogP contribution in [-0.4, -0.2) is 46.3 Å². The highest BCUT2D eigenvalue weighted by Crippen LogP contribution is 2.24. The first-order valence-corrected chi connectivity index (χ1v) is 6.51. The molecule has 0 saturated carbocycles. The Morgan fingerprint density at radius 3 is 2.21 bits per heavy atom. The highest BCUT2D eigenvalue weighted by Gasteiger charge is 2.11. The second-order valence-corrected chi connectivity index (χ2v) is 4.60. The molecular formula is C14H20ClNO3. The first kappa shape index (κ1) is 16.0. The third-order valence-electron chi connectivity index (χ3n) is 2.83. The molecule has 0 amide bonds. The van der Waals surface area contributed by atoms with E-state index in [1.54, 1.807) is 20.3 Å².